The van der Waals surface area contributed by atoms with Gasteiger partial charge in [-0.15, -0.1) is 11.3 Å². The number of benzene rings is 1. The van der Waals surface area contributed by atoms with Gasteiger partial charge in [-0.2, -0.15) is 0 Å². The van der Waals surface area contributed by atoms with Crippen LogP contribution in [0.5, 0.6) is 5.75 Å². The Bertz CT molecular complexity index is 645. The van der Waals surface area contributed by atoms with Gasteiger partial charge in [0.05, 0.1) is 16.4 Å². The quantitative estimate of drug-likeness (QED) is 0.639. The molecule has 1 N–H and O–H groups in total. The number of nitro groups is 1. The molecule has 2 rings (SSSR count). The van der Waals surface area contributed by atoms with Crippen LogP contribution in [-0.4, -0.2) is 12.0 Å². The number of hydrogen-bond acceptors (Lipinski definition) is 5. The number of hydrogen-bond donors (Lipinski definition) is 1. The summed E-state index contributed by atoms with van der Waals surface area (Å²) in [5.41, 5.74) is 0.806. The van der Waals surface area contributed by atoms with E-state index in [2.05, 4.69) is 5.32 Å². The van der Waals surface area contributed by atoms with Crippen LogP contribution >= 0.6 is 22.9 Å². The van der Waals surface area contributed by atoms with E-state index in [0.717, 1.165) is 14.8 Å². The molecule has 112 valence electrons. The summed E-state index contributed by atoms with van der Waals surface area (Å²) in [5.74, 6) is 0.266. The minimum Gasteiger partial charge on any atom is -0.490 e. The Labute approximate surface area is 131 Å². The molecule has 1 aromatic heterocycles. The molecule has 7 heteroatoms. The molecular weight excluding hydrogens is 312 g/mol. The highest BCUT2D eigenvalue weighted by atomic mass is 35.5. The van der Waals surface area contributed by atoms with Gasteiger partial charge in [-0.05, 0) is 30.7 Å². The van der Waals surface area contributed by atoms with E-state index in [9.17, 15) is 10.1 Å². The molecule has 5 nitrogen and oxygen atoms in total. The van der Waals surface area contributed by atoms with Crippen LogP contribution in [0.2, 0.25) is 4.34 Å². The van der Waals surface area contributed by atoms with Gasteiger partial charge < -0.3 is 10.1 Å². The molecule has 0 saturated heterocycles. The van der Waals surface area contributed by atoms with Gasteiger partial charge in [-0.25, -0.2) is 0 Å². The second-order valence-corrected chi connectivity index (χ2v) is 6.25. The van der Waals surface area contributed by atoms with Crippen molar-refractivity contribution in [3.63, 3.8) is 0 Å². The molecule has 1 atom stereocenters. The van der Waals surface area contributed by atoms with Crippen LogP contribution in [0.1, 0.15) is 23.4 Å². The largest absolute Gasteiger partial charge is 0.490 e. The molecule has 0 amide bonds. The summed E-state index contributed by atoms with van der Waals surface area (Å²) >= 11 is 7.43. The number of methoxy groups -OCH3 is 1. The first-order valence-electron chi connectivity index (χ1n) is 6.31. The third kappa shape index (κ3) is 3.93. The van der Waals surface area contributed by atoms with Crippen LogP contribution in [0.15, 0.2) is 30.3 Å². The van der Waals surface area contributed by atoms with E-state index >= 15 is 0 Å². The smallest absolute Gasteiger partial charge is 0.311 e. The average Bonchev–Trinajstić information content (AvgIpc) is 2.91. The predicted molar refractivity (Wildman–Crippen MR) is 84.2 cm³/mol. The lowest BCUT2D eigenvalue weighted by Gasteiger charge is -2.12. The molecule has 0 aliphatic heterocycles. The van der Waals surface area contributed by atoms with Gasteiger partial charge in [0.1, 0.15) is 0 Å². The molecule has 21 heavy (non-hydrogen) atoms. The summed E-state index contributed by atoms with van der Waals surface area (Å²) in [6, 6.07) is 8.91. The Morgan fingerprint density at radius 1 is 1.43 bits per heavy atom. The van der Waals surface area contributed by atoms with Crippen molar-refractivity contribution < 1.29 is 9.66 Å². The fourth-order valence-electron chi connectivity index (χ4n) is 1.92. The van der Waals surface area contributed by atoms with Gasteiger partial charge in [-0.1, -0.05) is 17.7 Å². The normalized spacial score (nSPS) is 12.1. The van der Waals surface area contributed by atoms with E-state index in [1.165, 1.54) is 24.5 Å². The molecule has 1 heterocycles. The fourth-order valence-corrected chi connectivity index (χ4v) is 3.01. The monoisotopic (exact) mass is 326 g/mol. The number of nitro benzene ring substituents is 1. The molecule has 1 aromatic carbocycles. The van der Waals surface area contributed by atoms with Crippen molar-refractivity contribution in [2.75, 3.05) is 7.11 Å². The molecule has 0 aliphatic rings. The van der Waals surface area contributed by atoms with Crippen molar-refractivity contribution in [3.05, 3.63) is 55.2 Å². The van der Waals surface area contributed by atoms with E-state index in [0.29, 0.717) is 6.54 Å². The van der Waals surface area contributed by atoms with Gasteiger partial charge in [0.25, 0.3) is 0 Å². The lowest BCUT2D eigenvalue weighted by Crippen LogP contribution is -2.17. The van der Waals surface area contributed by atoms with Gasteiger partial charge >= 0.3 is 5.69 Å². The lowest BCUT2D eigenvalue weighted by molar-refractivity contribution is -0.385. The van der Waals surface area contributed by atoms with Crippen molar-refractivity contribution in [2.24, 2.45) is 0 Å². The summed E-state index contributed by atoms with van der Waals surface area (Å²) in [7, 11) is 1.42. The average molecular weight is 327 g/mol. The zero-order chi connectivity index (χ0) is 15.4. The standard InChI is InChI=1S/C14H15ClN2O3S/c1-9(13-5-6-14(15)21-13)16-8-10-3-4-12(20-2)11(7-10)17(18)19/h3-7,9,16H,8H2,1-2H3. The van der Waals surface area contributed by atoms with E-state index in [1.54, 1.807) is 6.07 Å². The van der Waals surface area contributed by atoms with Crippen molar-refractivity contribution in [3.8, 4) is 5.75 Å². The summed E-state index contributed by atoms with van der Waals surface area (Å²) in [4.78, 5) is 11.7. The van der Waals surface area contributed by atoms with Crippen LogP contribution in [0.3, 0.4) is 0 Å². The maximum absolute atomic E-state index is 11.0. The van der Waals surface area contributed by atoms with Gasteiger partial charge in [-0.3, -0.25) is 10.1 Å². The first-order valence-corrected chi connectivity index (χ1v) is 7.50. The number of thiophene rings is 1. The summed E-state index contributed by atoms with van der Waals surface area (Å²) in [6.07, 6.45) is 0. The molecule has 0 bridgehead atoms. The van der Waals surface area contributed by atoms with E-state index in [1.807, 2.05) is 25.1 Å². The maximum Gasteiger partial charge on any atom is 0.311 e. The summed E-state index contributed by atoms with van der Waals surface area (Å²) in [6.45, 7) is 2.56. The highest BCUT2D eigenvalue weighted by Gasteiger charge is 2.15. The topological polar surface area (TPSA) is 64.4 Å². The van der Waals surface area contributed by atoms with Gasteiger partial charge in [0, 0.05) is 23.5 Å². The summed E-state index contributed by atoms with van der Waals surface area (Å²) < 4.78 is 5.73. The first kappa shape index (κ1) is 15.8. The van der Waals surface area contributed by atoms with Crippen molar-refractivity contribution >= 4 is 28.6 Å². The Morgan fingerprint density at radius 2 is 2.19 bits per heavy atom. The molecule has 0 fully saturated rings. The maximum atomic E-state index is 11.0. The number of rotatable bonds is 6. The van der Waals surface area contributed by atoms with Crippen LogP contribution < -0.4 is 10.1 Å². The lowest BCUT2D eigenvalue weighted by atomic mass is 10.1. The van der Waals surface area contributed by atoms with Gasteiger partial charge in [0.2, 0.25) is 0 Å². The molecule has 1 unspecified atom stereocenters. The van der Waals surface area contributed by atoms with Crippen LogP contribution in [0.25, 0.3) is 0 Å². The second kappa shape index (κ2) is 6.89. The number of nitrogens with zero attached hydrogens (tertiary/aromatic N) is 1. The van der Waals surface area contributed by atoms with E-state index in [4.69, 9.17) is 16.3 Å². The van der Waals surface area contributed by atoms with Crippen LogP contribution in [-0.2, 0) is 6.54 Å². The third-order valence-corrected chi connectivity index (χ3v) is 4.49. The first-order chi connectivity index (χ1) is 10.0. The van der Waals surface area contributed by atoms with E-state index < -0.39 is 4.92 Å². The number of ether oxygens (including phenoxy) is 1. The third-order valence-electron chi connectivity index (χ3n) is 3.07. The van der Waals surface area contributed by atoms with E-state index in [-0.39, 0.29) is 17.5 Å². The summed E-state index contributed by atoms with van der Waals surface area (Å²) in [5, 5.41) is 14.3. The Morgan fingerprint density at radius 3 is 2.76 bits per heavy atom. The Balaban J connectivity index is 2.06. The molecule has 0 aliphatic carbocycles. The Kier molecular flexibility index (Phi) is 5.17. The molecular formula is C14H15ClN2O3S. The van der Waals surface area contributed by atoms with Crippen LogP contribution in [0.4, 0.5) is 5.69 Å². The minimum atomic E-state index is -0.440. The SMILES string of the molecule is COc1ccc(CNC(C)c2ccc(Cl)s2)cc1[N+](=O)[O-]. The van der Waals surface area contributed by atoms with Crippen LogP contribution in [0, 0.1) is 10.1 Å². The van der Waals surface area contributed by atoms with Crippen molar-refractivity contribution in [1.82, 2.24) is 5.32 Å². The van der Waals surface area contributed by atoms with Gasteiger partial charge in [0.15, 0.2) is 5.75 Å². The molecule has 0 saturated carbocycles. The Hall–Kier alpha value is -1.63. The highest BCUT2D eigenvalue weighted by molar-refractivity contribution is 7.16. The highest BCUT2D eigenvalue weighted by Crippen LogP contribution is 2.29. The fraction of sp³-hybridized carbons (Fsp3) is 0.286. The zero-order valence-corrected chi connectivity index (χ0v) is 13.2. The molecule has 0 spiro atoms. The van der Waals surface area contributed by atoms with Crippen molar-refractivity contribution in [2.45, 2.75) is 19.5 Å². The minimum absolute atomic E-state index is 0.0244. The molecule has 0 radical (unpaired) electrons. The zero-order valence-electron chi connectivity index (χ0n) is 11.6. The second-order valence-electron chi connectivity index (χ2n) is 4.51. The number of halogens is 1. The molecule has 2 aromatic rings. The number of nitrogens with one attached hydrogen (secondary N) is 1. The van der Waals surface area contributed by atoms with Crippen molar-refractivity contribution in [1.29, 1.82) is 0 Å². The predicted octanol–water partition coefficient (Wildman–Crippen LogP) is 4.17.